The van der Waals surface area contributed by atoms with Gasteiger partial charge in [-0.25, -0.2) is 0 Å². The van der Waals surface area contributed by atoms with Crippen molar-refractivity contribution in [1.29, 1.82) is 0 Å². The fourth-order valence-corrected chi connectivity index (χ4v) is 1.48. The molecule has 16 heavy (non-hydrogen) atoms. The SMILES string of the molecule is COCC(C)N(C)CC(O)CNCC(C)C. The molecular weight excluding hydrogens is 204 g/mol. The van der Waals surface area contributed by atoms with Gasteiger partial charge in [0.1, 0.15) is 0 Å². The lowest BCUT2D eigenvalue weighted by atomic mass is 10.2. The molecule has 0 radical (unpaired) electrons. The minimum absolute atomic E-state index is 0.317. The second-order valence-electron chi connectivity index (χ2n) is 4.95. The van der Waals surface area contributed by atoms with Gasteiger partial charge in [0, 0.05) is 26.2 Å². The Morgan fingerprint density at radius 2 is 1.88 bits per heavy atom. The first-order valence-corrected chi connectivity index (χ1v) is 6.05. The van der Waals surface area contributed by atoms with Crippen LogP contribution >= 0.6 is 0 Å². The fourth-order valence-electron chi connectivity index (χ4n) is 1.48. The molecule has 2 atom stereocenters. The molecule has 0 aliphatic heterocycles. The van der Waals surface area contributed by atoms with Crippen LogP contribution < -0.4 is 5.32 Å². The van der Waals surface area contributed by atoms with E-state index in [1.54, 1.807) is 7.11 Å². The van der Waals surface area contributed by atoms with Crippen LogP contribution in [-0.4, -0.2) is 62.6 Å². The van der Waals surface area contributed by atoms with E-state index in [0.717, 1.165) is 6.54 Å². The number of aliphatic hydroxyl groups excluding tert-OH is 1. The van der Waals surface area contributed by atoms with Gasteiger partial charge in [-0.15, -0.1) is 0 Å². The van der Waals surface area contributed by atoms with Crippen molar-refractivity contribution in [3.8, 4) is 0 Å². The summed E-state index contributed by atoms with van der Waals surface area (Å²) in [6, 6.07) is 0.338. The van der Waals surface area contributed by atoms with Crippen molar-refractivity contribution < 1.29 is 9.84 Å². The molecule has 0 aliphatic carbocycles. The molecule has 0 aliphatic rings. The second kappa shape index (κ2) is 8.93. The van der Waals surface area contributed by atoms with Crippen LogP contribution in [0.1, 0.15) is 20.8 Å². The lowest BCUT2D eigenvalue weighted by molar-refractivity contribution is 0.0706. The number of aliphatic hydroxyl groups is 1. The minimum atomic E-state index is -0.317. The molecule has 0 aromatic heterocycles. The number of hydrogen-bond acceptors (Lipinski definition) is 4. The van der Waals surface area contributed by atoms with Crippen LogP contribution in [0.25, 0.3) is 0 Å². The molecule has 98 valence electrons. The third kappa shape index (κ3) is 8.05. The third-order valence-corrected chi connectivity index (χ3v) is 2.59. The molecule has 4 nitrogen and oxygen atoms in total. The van der Waals surface area contributed by atoms with Crippen LogP contribution in [-0.2, 0) is 4.74 Å². The quantitative estimate of drug-likeness (QED) is 0.610. The average molecular weight is 232 g/mol. The van der Waals surface area contributed by atoms with Crippen molar-refractivity contribution in [3.63, 3.8) is 0 Å². The fraction of sp³-hybridized carbons (Fsp3) is 1.00. The van der Waals surface area contributed by atoms with E-state index in [-0.39, 0.29) is 6.10 Å². The lowest BCUT2D eigenvalue weighted by Gasteiger charge is -2.26. The Morgan fingerprint density at radius 3 is 2.38 bits per heavy atom. The van der Waals surface area contributed by atoms with Crippen molar-refractivity contribution in [2.24, 2.45) is 5.92 Å². The molecule has 0 fully saturated rings. The zero-order valence-electron chi connectivity index (χ0n) is 11.4. The number of nitrogens with zero attached hydrogens (tertiary/aromatic N) is 1. The van der Waals surface area contributed by atoms with E-state index >= 15 is 0 Å². The van der Waals surface area contributed by atoms with Gasteiger partial charge in [-0.3, -0.25) is 4.90 Å². The highest BCUT2D eigenvalue weighted by Crippen LogP contribution is 1.98. The smallest absolute Gasteiger partial charge is 0.0791 e. The first kappa shape index (κ1) is 15.8. The van der Waals surface area contributed by atoms with Crippen LogP contribution in [0.15, 0.2) is 0 Å². The maximum absolute atomic E-state index is 9.80. The van der Waals surface area contributed by atoms with Crippen molar-refractivity contribution in [2.45, 2.75) is 32.9 Å². The Hall–Kier alpha value is -0.160. The Balaban J connectivity index is 3.64. The van der Waals surface area contributed by atoms with Crippen molar-refractivity contribution in [1.82, 2.24) is 10.2 Å². The summed E-state index contributed by atoms with van der Waals surface area (Å²) >= 11 is 0. The summed E-state index contributed by atoms with van der Waals surface area (Å²) in [5.74, 6) is 0.623. The highest BCUT2D eigenvalue weighted by Gasteiger charge is 2.13. The average Bonchev–Trinajstić information content (AvgIpc) is 2.17. The first-order chi connectivity index (χ1) is 7.47. The molecule has 0 saturated carbocycles. The van der Waals surface area contributed by atoms with Crippen LogP contribution in [0.4, 0.5) is 0 Å². The van der Waals surface area contributed by atoms with Crippen LogP contribution in [0.3, 0.4) is 0 Å². The van der Waals surface area contributed by atoms with E-state index in [2.05, 4.69) is 31.0 Å². The zero-order chi connectivity index (χ0) is 12.6. The number of hydrogen-bond donors (Lipinski definition) is 2. The molecule has 2 unspecified atom stereocenters. The summed E-state index contributed by atoms with van der Waals surface area (Å²) in [6.07, 6.45) is -0.317. The van der Waals surface area contributed by atoms with Crippen LogP contribution in [0.2, 0.25) is 0 Å². The van der Waals surface area contributed by atoms with E-state index in [9.17, 15) is 5.11 Å². The largest absolute Gasteiger partial charge is 0.390 e. The normalized spacial score (nSPS) is 15.8. The van der Waals surface area contributed by atoms with Gasteiger partial charge in [-0.05, 0) is 26.4 Å². The topological polar surface area (TPSA) is 44.7 Å². The monoisotopic (exact) mass is 232 g/mol. The maximum atomic E-state index is 9.80. The lowest BCUT2D eigenvalue weighted by Crippen LogP contribution is -2.42. The van der Waals surface area contributed by atoms with Gasteiger partial charge in [0.25, 0.3) is 0 Å². The zero-order valence-corrected chi connectivity index (χ0v) is 11.4. The van der Waals surface area contributed by atoms with E-state index in [4.69, 9.17) is 4.74 Å². The Bertz CT molecular complexity index is 165. The second-order valence-corrected chi connectivity index (χ2v) is 4.95. The van der Waals surface area contributed by atoms with Crippen LogP contribution in [0, 0.1) is 5.92 Å². The van der Waals surface area contributed by atoms with Gasteiger partial charge in [0.2, 0.25) is 0 Å². The van der Waals surface area contributed by atoms with Gasteiger partial charge >= 0.3 is 0 Å². The molecular formula is C12H28N2O2. The molecule has 2 N–H and O–H groups in total. The van der Waals surface area contributed by atoms with Gasteiger partial charge in [0.05, 0.1) is 12.7 Å². The summed E-state index contributed by atoms with van der Waals surface area (Å²) in [4.78, 5) is 2.12. The maximum Gasteiger partial charge on any atom is 0.0791 e. The molecule has 0 aromatic carbocycles. The number of rotatable bonds is 9. The summed E-state index contributed by atoms with van der Waals surface area (Å²) in [5, 5.41) is 13.1. The number of nitrogens with one attached hydrogen (secondary N) is 1. The highest BCUT2D eigenvalue weighted by atomic mass is 16.5. The van der Waals surface area contributed by atoms with Crippen LogP contribution in [0.5, 0.6) is 0 Å². The summed E-state index contributed by atoms with van der Waals surface area (Å²) in [5.41, 5.74) is 0. The molecule has 0 heterocycles. The number of ether oxygens (including phenoxy) is 1. The predicted molar refractivity (Wildman–Crippen MR) is 67.7 cm³/mol. The Morgan fingerprint density at radius 1 is 1.25 bits per heavy atom. The first-order valence-electron chi connectivity index (χ1n) is 6.05. The van der Waals surface area contributed by atoms with Gasteiger partial charge in [-0.1, -0.05) is 13.8 Å². The van der Waals surface area contributed by atoms with Gasteiger partial charge < -0.3 is 15.2 Å². The van der Waals surface area contributed by atoms with Crippen molar-refractivity contribution >= 4 is 0 Å². The van der Waals surface area contributed by atoms with E-state index < -0.39 is 0 Å². The highest BCUT2D eigenvalue weighted by molar-refractivity contribution is 4.69. The molecule has 0 saturated heterocycles. The van der Waals surface area contributed by atoms with E-state index in [1.165, 1.54) is 0 Å². The minimum Gasteiger partial charge on any atom is -0.390 e. The molecule has 0 rings (SSSR count). The molecule has 0 aromatic rings. The van der Waals surface area contributed by atoms with Gasteiger partial charge in [0.15, 0.2) is 0 Å². The molecule has 4 heteroatoms. The van der Waals surface area contributed by atoms with E-state index in [1.807, 2.05) is 7.05 Å². The summed E-state index contributed by atoms with van der Waals surface area (Å²) < 4.78 is 5.08. The number of likely N-dealkylation sites (N-methyl/N-ethyl adjacent to an activating group) is 1. The summed E-state index contributed by atoms with van der Waals surface area (Å²) in [7, 11) is 3.71. The van der Waals surface area contributed by atoms with Crippen molar-refractivity contribution in [2.75, 3.05) is 40.4 Å². The number of methoxy groups -OCH3 is 1. The Kier molecular flexibility index (Phi) is 8.84. The van der Waals surface area contributed by atoms with E-state index in [0.29, 0.717) is 31.7 Å². The standard InChI is InChI=1S/C12H28N2O2/c1-10(2)6-13-7-12(15)8-14(4)11(3)9-16-5/h10-13,15H,6-9H2,1-5H3. The molecule has 0 spiro atoms. The predicted octanol–water partition coefficient (Wildman–Crippen LogP) is 0.560. The molecule has 0 bridgehead atoms. The van der Waals surface area contributed by atoms with Crippen molar-refractivity contribution in [3.05, 3.63) is 0 Å². The Labute approximate surface area is 100.0 Å². The molecule has 0 amide bonds. The van der Waals surface area contributed by atoms with Gasteiger partial charge in [-0.2, -0.15) is 0 Å². The third-order valence-electron chi connectivity index (χ3n) is 2.59. The summed E-state index contributed by atoms with van der Waals surface area (Å²) in [6.45, 7) is 9.39.